The lowest BCUT2D eigenvalue weighted by Gasteiger charge is -2.24. The van der Waals surface area contributed by atoms with Crippen LogP contribution >= 0.6 is 0 Å². The molecule has 35 heavy (non-hydrogen) atoms. The molecule has 3 aromatic carbocycles. The molecule has 0 unspecified atom stereocenters. The molecule has 0 aromatic heterocycles. The molecule has 0 saturated carbocycles. The van der Waals surface area contributed by atoms with Crippen LogP contribution in [0.15, 0.2) is 66.7 Å². The second-order valence-corrected chi connectivity index (χ2v) is 8.16. The van der Waals surface area contributed by atoms with Crippen LogP contribution in [0.4, 0.5) is 13.2 Å². The first kappa shape index (κ1) is 26.1. The van der Waals surface area contributed by atoms with Gasteiger partial charge in [0.15, 0.2) is 11.5 Å². The van der Waals surface area contributed by atoms with E-state index in [2.05, 4.69) is 0 Å². The predicted octanol–water partition coefficient (Wildman–Crippen LogP) is 5.59. The van der Waals surface area contributed by atoms with E-state index in [0.29, 0.717) is 48.7 Å². The van der Waals surface area contributed by atoms with E-state index in [9.17, 15) is 18.0 Å². The maximum atomic E-state index is 13.4. The van der Waals surface area contributed by atoms with Crippen LogP contribution in [0, 0.1) is 6.92 Å². The van der Waals surface area contributed by atoms with Crippen LogP contribution < -0.4 is 15.2 Å². The molecule has 3 aromatic rings. The number of amides is 1. The Morgan fingerprint density at radius 2 is 1.71 bits per heavy atom. The average Bonchev–Trinajstić information content (AvgIpc) is 2.85. The Kier molecular flexibility index (Phi) is 8.76. The van der Waals surface area contributed by atoms with Crippen molar-refractivity contribution in [3.05, 3.63) is 94.5 Å². The normalized spacial score (nSPS) is 11.3. The van der Waals surface area contributed by atoms with Gasteiger partial charge in [0.2, 0.25) is 0 Å². The molecule has 186 valence electrons. The molecule has 0 aliphatic heterocycles. The average molecular weight is 487 g/mol. The summed E-state index contributed by atoms with van der Waals surface area (Å²) in [5.41, 5.74) is 6.78. The third kappa shape index (κ3) is 6.99. The Bertz CT molecular complexity index is 1130. The van der Waals surface area contributed by atoms with Gasteiger partial charge in [-0.25, -0.2) is 0 Å². The zero-order valence-electron chi connectivity index (χ0n) is 19.8. The fourth-order valence-electron chi connectivity index (χ4n) is 3.67. The standard InChI is InChI=1S/C27H29F3N2O3/c1-19-9-10-21(15-23(19)27(28,29)30)17-32(14-6-13-31)26(33)22-11-12-24(25(16-22)34-2)35-18-20-7-4-3-5-8-20/h3-5,7-12,15-16H,6,13-14,17-18,31H2,1-2H3. The minimum atomic E-state index is -4.46. The van der Waals surface area contributed by atoms with Crippen molar-refractivity contribution < 1.29 is 27.4 Å². The van der Waals surface area contributed by atoms with E-state index < -0.39 is 11.7 Å². The van der Waals surface area contributed by atoms with Gasteiger partial charge in [-0.2, -0.15) is 13.2 Å². The Morgan fingerprint density at radius 1 is 0.971 bits per heavy atom. The molecular formula is C27H29F3N2O3. The minimum Gasteiger partial charge on any atom is -0.493 e. The highest BCUT2D eigenvalue weighted by atomic mass is 19.4. The van der Waals surface area contributed by atoms with Crippen LogP contribution in [0.1, 0.15) is 39.0 Å². The van der Waals surface area contributed by atoms with Gasteiger partial charge in [0.05, 0.1) is 12.7 Å². The number of benzene rings is 3. The van der Waals surface area contributed by atoms with E-state index >= 15 is 0 Å². The van der Waals surface area contributed by atoms with Crippen LogP contribution in [0.5, 0.6) is 11.5 Å². The molecule has 0 heterocycles. The molecule has 0 aliphatic rings. The van der Waals surface area contributed by atoms with Gasteiger partial charge in [0.25, 0.3) is 5.91 Å². The molecule has 0 fully saturated rings. The number of alkyl halides is 3. The summed E-state index contributed by atoms with van der Waals surface area (Å²) >= 11 is 0. The van der Waals surface area contributed by atoms with Crippen molar-refractivity contribution in [1.29, 1.82) is 0 Å². The van der Waals surface area contributed by atoms with Crippen LogP contribution in [0.25, 0.3) is 0 Å². The monoisotopic (exact) mass is 486 g/mol. The van der Waals surface area contributed by atoms with Gasteiger partial charge in [-0.15, -0.1) is 0 Å². The van der Waals surface area contributed by atoms with Gasteiger partial charge in [-0.3, -0.25) is 4.79 Å². The van der Waals surface area contributed by atoms with E-state index in [1.165, 1.54) is 25.0 Å². The molecule has 0 radical (unpaired) electrons. The second kappa shape index (κ2) is 11.8. The van der Waals surface area contributed by atoms with E-state index in [1.54, 1.807) is 24.3 Å². The van der Waals surface area contributed by atoms with Gasteiger partial charge in [-0.1, -0.05) is 42.5 Å². The molecule has 0 atom stereocenters. The van der Waals surface area contributed by atoms with Gasteiger partial charge in [0, 0.05) is 18.7 Å². The number of carbonyl (C=O) groups is 1. The summed E-state index contributed by atoms with van der Waals surface area (Å²) in [5, 5.41) is 0. The first-order valence-electron chi connectivity index (χ1n) is 11.2. The minimum absolute atomic E-state index is 0.0246. The lowest BCUT2D eigenvalue weighted by molar-refractivity contribution is -0.138. The van der Waals surface area contributed by atoms with Crippen molar-refractivity contribution in [2.24, 2.45) is 5.73 Å². The molecule has 3 rings (SSSR count). The van der Waals surface area contributed by atoms with Gasteiger partial charge in [-0.05, 0) is 60.8 Å². The van der Waals surface area contributed by atoms with Crippen LogP contribution in [-0.2, 0) is 19.3 Å². The lowest BCUT2D eigenvalue weighted by Crippen LogP contribution is -2.32. The zero-order valence-corrected chi connectivity index (χ0v) is 19.8. The smallest absolute Gasteiger partial charge is 0.416 e. The highest BCUT2D eigenvalue weighted by Crippen LogP contribution is 2.33. The van der Waals surface area contributed by atoms with Crippen LogP contribution in [-0.4, -0.2) is 31.0 Å². The Morgan fingerprint density at radius 3 is 2.37 bits per heavy atom. The number of hydrogen-bond donors (Lipinski definition) is 1. The summed E-state index contributed by atoms with van der Waals surface area (Å²) < 4.78 is 51.4. The topological polar surface area (TPSA) is 64.8 Å². The molecule has 0 saturated heterocycles. The summed E-state index contributed by atoms with van der Waals surface area (Å²) in [7, 11) is 1.48. The third-order valence-corrected chi connectivity index (χ3v) is 5.55. The van der Waals surface area contributed by atoms with E-state index in [4.69, 9.17) is 15.2 Å². The lowest BCUT2D eigenvalue weighted by atomic mass is 10.0. The first-order chi connectivity index (χ1) is 16.7. The van der Waals surface area contributed by atoms with Crippen molar-refractivity contribution in [3.63, 3.8) is 0 Å². The first-order valence-corrected chi connectivity index (χ1v) is 11.2. The number of halogens is 3. The number of aryl methyl sites for hydroxylation is 1. The highest BCUT2D eigenvalue weighted by molar-refractivity contribution is 5.95. The molecule has 0 aliphatic carbocycles. The Balaban J connectivity index is 1.81. The largest absolute Gasteiger partial charge is 0.493 e. The SMILES string of the molecule is COc1cc(C(=O)N(CCCN)Cc2ccc(C)c(C(F)(F)F)c2)ccc1OCc1ccccc1. The van der Waals surface area contributed by atoms with Crippen LogP contribution in [0.2, 0.25) is 0 Å². The molecular weight excluding hydrogens is 457 g/mol. The number of methoxy groups -OCH3 is 1. The fourth-order valence-corrected chi connectivity index (χ4v) is 3.67. The summed E-state index contributed by atoms with van der Waals surface area (Å²) in [5.74, 6) is 0.538. The Labute approximate surface area is 203 Å². The number of nitrogens with zero attached hydrogens (tertiary/aromatic N) is 1. The molecule has 1 amide bonds. The maximum absolute atomic E-state index is 13.4. The van der Waals surface area contributed by atoms with Gasteiger partial charge < -0.3 is 20.1 Å². The summed E-state index contributed by atoms with van der Waals surface area (Å²) in [6, 6.07) is 18.6. The summed E-state index contributed by atoms with van der Waals surface area (Å²) in [4.78, 5) is 14.8. The van der Waals surface area contributed by atoms with Gasteiger partial charge >= 0.3 is 6.18 Å². The van der Waals surface area contributed by atoms with E-state index in [-0.39, 0.29) is 18.0 Å². The summed E-state index contributed by atoms with van der Waals surface area (Å²) in [6.07, 6.45) is -3.95. The Hall–Kier alpha value is -3.52. The molecule has 8 heteroatoms. The number of rotatable bonds is 10. The summed E-state index contributed by atoms with van der Waals surface area (Å²) in [6.45, 7) is 2.43. The molecule has 0 bridgehead atoms. The number of hydrogen-bond acceptors (Lipinski definition) is 4. The number of carbonyl (C=O) groups excluding carboxylic acids is 1. The third-order valence-electron chi connectivity index (χ3n) is 5.55. The van der Waals surface area contributed by atoms with Crippen molar-refractivity contribution in [3.8, 4) is 11.5 Å². The fraction of sp³-hybridized carbons (Fsp3) is 0.296. The molecule has 2 N–H and O–H groups in total. The number of ether oxygens (including phenoxy) is 2. The molecule has 5 nitrogen and oxygen atoms in total. The zero-order chi connectivity index (χ0) is 25.4. The van der Waals surface area contributed by atoms with Crippen molar-refractivity contribution in [2.75, 3.05) is 20.2 Å². The van der Waals surface area contributed by atoms with Crippen molar-refractivity contribution >= 4 is 5.91 Å². The highest BCUT2D eigenvalue weighted by Gasteiger charge is 2.32. The maximum Gasteiger partial charge on any atom is 0.416 e. The number of nitrogens with two attached hydrogens (primary N) is 1. The van der Waals surface area contributed by atoms with Crippen molar-refractivity contribution in [1.82, 2.24) is 4.90 Å². The van der Waals surface area contributed by atoms with E-state index in [1.807, 2.05) is 30.3 Å². The van der Waals surface area contributed by atoms with Crippen molar-refractivity contribution in [2.45, 2.75) is 32.7 Å². The quantitative estimate of drug-likeness (QED) is 0.406. The van der Waals surface area contributed by atoms with Gasteiger partial charge in [0.1, 0.15) is 6.61 Å². The van der Waals surface area contributed by atoms with Crippen LogP contribution in [0.3, 0.4) is 0 Å². The predicted molar refractivity (Wildman–Crippen MR) is 128 cm³/mol. The second-order valence-electron chi connectivity index (χ2n) is 8.16. The van der Waals surface area contributed by atoms with E-state index in [0.717, 1.165) is 11.6 Å². The molecule has 0 spiro atoms.